The Kier molecular flexibility index (Phi) is 5.88. The number of hydrogen-bond acceptors (Lipinski definition) is 3. The van der Waals surface area contributed by atoms with Gasteiger partial charge < -0.3 is 21.1 Å². The minimum absolute atomic E-state index is 0.142. The van der Waals surface area contributed by atoms with E-state index in [2.05, 4.69) is 10.6 Å². The minimum atomic E-state index is -0.204. The van der Waals surface area contributed by atoms with Crippen LogP contribution in [0, 0.1) is 0 Å². The van der Waals surface area contributed by atoms with Crippen LogP contribution in [-0.4, -0.2) is 36.9 Å². The van der Waals surface area contributed by atoms with E-state index in [1.807, 2.05) is 20.8 Å². The van der Waals surface area contributed by atoms with Gasteiger partial charge in [0.05, 0.1) is 12.7 Å². The quantitative estimate of drug-likeness (QED) is 0.666. The Morgan fingerprint density at radius 3 is 2.44 bits per heavy atom. The molecule has 0 heterocycles. The molecular formula is C13H27N3O2. The molecule has 1 aliphatic carbocycles. The number of ether oxygens (including phenoxy) is 1. The van der Waals surface area contributed by atoms with Crippen molar-refractivity contribution in [3.8, 4) is 0 Å². The van der Waals surface area contributed by atoms with Crippen LogP contribution in [0.25, 0.3) is 0 Å². The molecule has 1 fully saturated rings. The predicted octanol–water partition coefficient (Wildman–Crippen LogP) is 1.37. The molecule has 0 bridgehead atoms. The van der Waals surface area contributed by atoms with Crippen molar-refractivity contribution < 1.29 is 9.53 Å². The van der Waals surface area contributed by atoms with Crippen LogP contribution in [0.2, 0.25) is 0 Å². The fourth-order valence-corrected chi connectivity index (χ4v) is 2.03. The summed E-state index contributed by atoms with van der Waals surface area (Å²) in [5.41, 5.74) is 5.63. The van der Waals surface area contributed by atoms with E-state index >= 15 is 0 Å². The summed E-state index contributed by atoms with van der Waals surface area (Å²) in [4.78, 5) is 11.5. The molecule has 0 spiro atoms. The fraction of sp³-hybridized carbons (Fsp3) is 0.923. The van der Waals surface area contributed by atoms with E-state index in [0.717, 1.165) is 25.7 Å². The van der Waals surface area contributed by atoms with E-state index in [1.165, 1.54) is 0 Å². The summed E-state index contributed by atoms with van der Waals surface area (Å²) in [5.74, 6) is 0. The first-order valence-electron chi connectivity index (χ1n) is 6.80. The van der Waals surface area contributed by atoms with Crippen LogP contribution in [0.1, 0.15) is 46.5 Å². The largest absolute Gasteiger partial charge is 0.376 e. The number of carbonyl (C=O) groups is 1. The lowest BCUT2D eigenvalue weighted by atomic mass is 9.94. The van der Waals surface area contributed by atoms with Gasteiger partial charge in [-0.3, -0.25) is 0 Å². The highest BCUT2D eigenvalue weighted by molar-refractivity contribution is 5.74. The van der Waals surface area contributed by atoms with Crippen LogP contribution in [0.3, 0.4) is 0 Å². The molecule has 2 amide bonds. The van der Waals surface area contributed by atoms with Crippen LogP contribution in [0.4, 0.5) is 4.79 Å². The van der Waals surface area contributed by atoms with Gasteiger partial charge in [0.25, 0.3) is 0 Å². The van der Waals surface area contributed by atoms with Crippen molar-refractivity contribution in [3.05, 3.63) is 0 Å². The molecule has 0 saturated heterocycles. The molecule has 0 radical (unpaired) electrons. The van der Waals surface area contributed by atoms with Crippen LogP contribution in [0.5, 0.6) is 0 Å². The van der Waals surface area contributed by atoms with Crippen LogP contribution in [0.15, 0.2) is 0 Å². The average Bonchev–Trinajstić information content (AvgIpc) is 2.24. The summed E-state index contributed by atoms with van der Waals surface area (Å²) in [7, 11) is 0. The number of rotatable bonds is 4. The molecule has 0 unspecified atom stereocenters. The SMILES string of the molecule is CC(C)(C)NC(=O)NCCOC1CCC(N)CC1. The smallest absolute Gasteiger partial charge is 0.315 e. The zero-order valence-electron chi connectivity index (χ0n) is 11.8. The summed E-state index contributed by atoms with van der Waals surface area (Å²) >= 11 is 0. The van der Waals surface area contributed by atoms with Gasteiger partial charge in [-0.1, -0.05) is 0 Å². The molecule has 0 aliphatic heterocycles. The number of nitrogens with two attached hydrogens (primary N) is 1. The zero-order chi connectivity index (χ0) is 13.6. The Morgan fingerprint density at radius 1 is 1.28 bits per heavy atom. The maximum absolute atomic E-state index is 11.5. The van der Waals surface area contributed by atoms with Gasteiger partial charge >= 0.3 is 6.03 Å². The number of carbonyl (C=O) groups excluding carboxylic acids is 1. The lowest BCUT2D eigenvalue weighted by Crippen LogP contribution is -2.47. The van der Waals surface area contributed by atoms with Crippen molar-refractivity contribution in [2.24, 2.45) is 5.73 Å². The summed E-state index contributed by atoms with van der Waals surface area (Å²) in [6.45, 7) is 6.97. The van der Waals surface area contributed by atoms with Crippen molar-refractivity contribution >= 4 is 6.03 Å². The molecule has 1 saturated carbocycles. The maximum Gasteiger partial charge on any atom is 0.315 e. The molecular weight excluding hydrogens is 230 g/mol. The Hall–Kier alpha value is -0.810. The average molecular weight is 257 g/mol. The van der Waals surface area contributed by atoms with Crippen molar-refractivity contribution in [2.75, 3.05) is 13.2 Å². The molecule has 1 rings (SSSR count). The summed E-state index contributed by atoms with van der Waals surface area (Å²) in [6, 6.07) is 0.206. The highest BCUT2D eigenvalue weighted by Gasteiger charge is 2.18. The number of amides is 2. The first kappa shape index (κ1) is 15.2. The normalized spacial score (nSPS) is 24.7. The highest BCUT2D eigenvalue weighted by atomic mass is 16.5. The summed E-state index contributed by atoms with van der Waals surface area (Å²) < 4.78 is 5.71. The Balaban J connectivity index is 2.03. The van der Waals surface area contributed by atoms with Gasteiger partial charge in [0.1, 0.15) is 0 Å². The Bertz CT molecular complexity index is 255. The zero-order valence-corrected chi connectivity index (χ0v) is 11.8. The van der Waals surface area contributed by atoms with Crippen molar-refractivity contribution in [3.63, 3.8) is 0 Å². The van der Waals surface area contributed by atoms with Crippen LogP contribution >= 0.6 is 0 Å². The molecule has 0 atom stereocenters. The van der Waals surface area contributed by atoms with Gasteiger partial charge in [-0.25, -0.2) is 4.79 Å². The van der Waals surface area contributed by atoms with Crippen LogP contribution < -0.4 is 16.4 Å². The third-order valence-electron chi connectivity index (χ3n) is 2.95. The standard InChI is InChI=1S/C13H27N3O2/c1-13(2,3)16-12(17)15-8-9-18-11-6-4-10(14)5-7-11/h10-11H,4-9,14H2,1-3H3,(H2,15,16,17). The van der Waals surface area contributed by atoms with Gasteiger partial charge in [-0.15, -0.1) is 0 Å². The second-order valence-electron chi connectivity index (χ2n) is 6.04. The third-order valence-corrected chi connectivity index (χ3v) is 2.95. The van der Waals surface area contributed by atoms with Gasteiger partial charge in [0, 0.05) is 18.1 Å². The van der Waals surface area contributed by atoms with E-state index in [-0.39, 0.29) is 11.6 Å². The van der Waals surface area contributed by atoms with E-state index in [1.54, 1.807) is 0 Å². The van der Waals surface area contributed by atoms with E-state index < -0.39 is 0 Å². The molecule has 0 aromatic heterocycles. The summed E-state index contributed by atoms with van der Waals surface area (Å²) in [6.07, 6.45) is 4.48. The molecule has 5 nitrogen and oxygen atoms in total. The highest BCUT2D eigenvalue weighted by Crippen LogP contribution is 2.19. The second kappa shape index (κ2) is 6.95. The maximum atomic E-state index is 11.5. The lowest BCUT2D eigenvalue weighted by Gasteiger charge is -2.26. The Morgan fingerprint density at radius 2 is 1.89 bits per heavy atom. The minimum Gasteiger partial charge on any atom is -0.376 e. The molecule has 4 N–H and O–H groups in total. The van der Waals surface area contributed by atoms with E-state index in [0.29, 0.717) is 25.3 Å². The first-order valence-corrected chi connectivity index (χ1v) is 6.80. The van der Waals surface area contributed by atoms with Crippen LogP contribution in [-0.2, 0) is 4.74 Å². The molecule has 0 aromatic carbocycles. The Labute approximate surface area is 110 Å². The number of urea groups is 1. The number of hydrogen-bond donors (Lipinski definition) is 3. The fourth-order valence-electron chi connectivity index (χ4n) is 2.03. The van der Waals surface area contributed by atoms with Crippen molar-refractivity contribution in [2.45, 2.75) is 64.1 Å². The summed E-state index contributed by atoms with van der Waals surface area (Å²) in [5, 5.41) is 5.63. The van der Waals surface area contributed by atoms with Crippen molar-refractivity contribution in [1.82, 2.24) is 10.6 Å². The first-order chi connectivity index (χ1) is 8.37. The predicted molar refractivity (Wildman–Crippen MR) is 72.5 cm³/mol. The molecule has 18 heavy (non-hydrogen) atoms. The molecule has 0 aromatic rings. The van der Waals surface area contributed by atoms with Gasteiger partial charge in [-0.05, 0) is 46.5 Å². The second-order valence-corrected chi connectivity index (χ2v) is 6.04. The van der Waals surface area contributed by atoms with Gasteiger partial charge in [0.2, 0.25) is 0 Å². The molecule has 5 heteroatoms. The van der Waals surface area contributed by atoms with Crippen molar-refractivity contribution in [1.29, 1.82) is 0 Å². The van der Waals surface area contributed by atoms with E-state index in [9.17, 15) is 4.79 Å². The monoisotopic (exact) mass is 257 g/mol. The van der Waals surface area contributed by atoms with E-state index in [4.69, 9.17) is 10.5 Å². The molecule has 1 aliphatic rings. The molecule has 106 valence electrons. The number of nitrogens with one attached hydrogen (secondary N) is 2. The topological polar surface area (TPSA) is 76.4 Å². The van der Waals surface area contributed by atoms with Gasteiger partial charge in [0.15, 0.2) is 0 Å². The lowest BCUT2D eigenvalue weighted by molar-refractivity contribution is 0.0278. The van der Waals surface area contributed by atoms with Gasteiger partial charge in [-0.2, -0.15) is 0 Å². The third kappa shape index (κ3) is 6.81.